The molecule has 0 saturated carbocycles. The molecule has 0 unspecified atom stereocenters. The van der Waals surface area contributed by atoms with Crippen LogP contribution >= 0.6 is 11.3 Å². The van der Waals surface area contributed by atoms with Crippen LogP contribution in [0.25, 0.3) is 0 Å². The van der Waals surface area contributed by atoms with Crippen LogP contribution in [0, 0.1) is 0 Å². The van der Waals surface area contributed by atoms with Crippen LogP contribution in [0.4, 0.5) is 10.7 Å². The lowest BCUT2D eigenvalue weighted by atomic mass is 10.1. The van der Waals surface area contributed by atoms with Gasteiger partial charge >= 0.3 is 5.97 Å². The number of thiophene rings is 1. The Morgan fingerprint density at radius 2 is 1.95 bits per heavy atom. The summed E-state index contributed by atoms with van der Waals surface area (Å²) in [5.41, 5.74) is 6.58. The van der Waals surface area contributed by atoms with Gasteiger partial charge in [-0.3, -0.25) is 4.79 Å². The molecule has 1 saturated heterocycles. The lowest BCUT2D eigenvalue weighted by Gasteiger charge is -2.28. The third-order valence-electron chi connectivity index (χ3n) is 3.39. The van der Waals surface area contributed by atoms with Crippen molar-refractivity contribution < 1.29 is 14.3 Å². The number of nitrogens with zero attached hydrogens (tertiary/aromatic N) is 1. The Labute approximate surface area is 121 Å². The van der Waals surface area contributed by atoms with Crippen LogP contribution in [-0.4, -0.2) is 39.1 Å². The van der Waals surface area contributed by atoms with Gasteiger partial charge in [0.25, 0.3) is 5.91 Å². The average Bonchev–Trinajstić information content (AvgIpc) is 2.84. The molecular weight excluding hydrogens is 278 g/mol. The zero-order chi connectivity index (χ0) is 14.7. The number of nitrogens with two attached hydrogens (primary N) is 1. The van der Waals surface area contributed by atoms with Crippen molar-refractivity contribution in [3.05, 3.63) is 10.4 Å². The smallest absolute Gasteiger partial charge is 0.350 e. The number of carbonyl (C=O) groups is 2. The fourth-order valence-electron chi connectivity index (χ4n) is 2.34. The number of ether oxygens (including phenoxy) is 1. The van der Waals surface area contributed by atoms with Crippen LogP contribution in [-0.2, 0) is 4.74 Å². The molecule has 20 heavy (non-hydrogen) atoms. The normalized spacial score (nSPS) is 15.0. The maximum absolute atomic E-state index is 12.1. The fourth-order valence-corrected chi connectivity index (χ4v) is 3.53. The maximum Gasteiger partial charge on any atom is 0.350 e. The van der Waals surface area contributed by atoms with E-state index in [4.69, 9.17) is 10.5 Å². The zero-order valence-corrected chi connectivity index (χ0v) is 12.5. The maximum atomic E-state index is 12.1. The molecule has 0 atom stereocenters. The minimum Gasteiger partial charge on any atom is -0.465 e. The first-order valence-corrected chi connectivity index (χ1v) is 7.39. The molecule has 0 bridgehead atoms. The molecule has 0 aliphatic carbocycles. The topological polar surface area (TPSA) is 84.7 Å². The van der Waals surface area contributed by atoms with Gasteiger partial charge in [0.1, 0.15) is 9.88 Å². The summed E-state index contributed by atoms with van der Waals surface area (Å²) in [7, 11) is 2.86. The van der Waals surface area contributed by atoms with E-state index in [2.05, 4.69) is 10.2 Å². The summed E-state index contributed by atoms with van der Waals surface area (Å²) >= 11 is 1.23. The number of nitrogens with one attached hydrogen (secondary N) is 1. The van der Waals surface area contributed by atoms with Gasteiger partial charge in [-0.15, -0.1) is 11.3 Å². The van der Waals surface area contributed by atoms with E-state index in [0.717, 1.165) is 30.9 Å². The van der Waals surface area contributed by atoms with Crippen molar-refractivity contribution in [1.29, 1.82) is 0 Å². The van der Waals surface area contributed by atoms with Gasteiger partial charge in [-0.05, 0) is 19.3 Å². The summed E-state index contributed by atoms with van der Waals surface area (Å²) in [5.74, 6) is -0.768. The lowest BCUT2D eigenvalue weighted by Crippen LogP contribution is -2.31. The predicted molar refractivity (Wildman–Crippen MR) is 79.5 cm³/mol. The quantitative estimate of drug-likeness (QED) is 0.825. The van der Waals surface area contributed by atoms with E-state index >= 15 is 0 Å². The van der Waals surface area contributed by atoms with E-state index in [9.17, 15) is 9.59 Å². The number of nitrogen functional groups attached to an aromatic ring is 1. The highest BCUT2D eigenvalue weighted by atomic mass is 32.1. The van der Waals surface area contributed by atoms with Gasteiger partial charge in [0.2, 0.25) is 0 Å². The van der Waals surface area contributed by atoms with E-state index in [1.807, 2.05) is 0 Å². The highest BCUT2D eigenvalue weighted by molar-refractivity contribution is 7.19. The van der Waals surface area contributed by atoms with E-state index in [0.29, 0.717) is 10.4 Å². The molecule has 7 heteroatoms. The second-order valence-corrected chi connectivity index (χ2v) is 5.64. The van der Waals surface area contributed by atoms with Crippen molar-refractivity contribution in [2.45, 2.75) is 19.3 Å². The van der Waals surface area contributed by atoms with Gasteiger partial charge in [0, 0.05) is 20.1 Å². The second kappa shape index (κ2) is 6.13. The Kier molecular flexibility index (Phi) is 4.49. The molecule has 1 aromatic heterocycles. The number of hydrogen-bond donors (Lipinski definition) is 2. The van der Waals surface area contributed by atoms with Crippen molar-refractivity contribution in [3.63, 3.8) is 0 Å². The molecule has 1 fully saturated rings. The standard InChI is InChI=1S/C13H19N3O3S/c1-15-11(17)8-9(14)10(13(18)19-2)20-12(8)16-6-4-3-5-7-16/h3-7,14H2,1-2H3,(H,15,17). The summed E-state index contributed by atoms with van der Waals surface area (Å²) in [6.07, 6.45) is 3.35. The van der Waals surface area contributed by atoms with Gasteiger partial charge in [-0.25, -0.2) is 4.79 Å². The Bertz CT molecular complexity index is 521. The first-order valence-electron chi connectivity index (χ1n) is 6.57. The highest BCUT2D eigenvalue weighted by Gasteiger charge is 2.28. The monoisotopic (exact) mass is 297 g/mol. The van der Waals surface area contributed by atoms with Crippen LogP contribution in [0.1, 0.15) is 39.3 Å². The molecule has 2 heterocycles. The van der Waals surface area contributed by atoms with Gasteiger partial charge < -0.3 is 20.7 Å². The Balaban J connectivity index is 2.47. The molecule has 3 N–H and O–H groups in total. The third-order valence-corrected chi connectivity index (χ3v) is 4.64. The minimum atomic E-state index is -0.499. The van der Waals surface area contributed by atoms with Crippen LogP contribution in [0.2, 0.25) is 0 Å². The summed E-state index contributed by atoms with van der Waals surface area (Å²) in [6, 6.07) is 0. The first-order chi connectivity index (χ1) is 9.60. The summed E-state index contributed by atoms with van der Waals surface area (Å²) in [6.45, 7) is 1.76. The van der Waals surface area contributed by atoms with Crippen molar-refractivity contribution in [2.24, 2.45) is 0 Å². The molecule has 6 nitrogen and oxygen atoms in total. The number of carbonyl (C=O) groups excluding carboxylic acids is 2. The molecular formula is C13H19N3O3S. The molecule has 2 rings (SSSR count). The van der Waals surface area contributed by atoms with Crippen LogP contribution in [0.3, 0.4) is 0 Å². The highest BCUT2D eigenvalue weighted by Crippen LogP contribution is 2.39. The SMILES string of the molecule is CNC(=O)c1c(N2CCCCC2)sc(C(=O)OC)c1N. The van der Waals surface area contributed by atoms with Crippen LogP contribution in [0.5, 0.6) is 0 Å². The number of methoxy groups -OCH3 is 1. The van der Waals surface area contributed by atoms with Crippen molar-refractivity contribution in [1.82, 2.24) is 5.32 Å². The van der Waals surface area contributed by atoms with Gasteiger partial charge in [-0.1, -0.05) is 0 Å². The van der Waals surface area contributed by atoms with Crippen molar-refractivity contribution in [2.75, 3.05) is 37.9 Å². The first kappa shape index (κ1) is 14.6. The van der Waals surface area contributed by atoms with E-state index in [1.165, 1.54) is 24.9 Å². The van der Waals surface area contributed by atoms with Gasteiger partial charge in [0.05, 0.1) is 18.4 Å². The summed E-state index contributed by atoms with van der Waals surface area (Å²) < 4.78 is 4.73. The summed E-state index contributed by atoms with van der Waals surface area (Å²) in [4.78, 5) is 26.2. The molecule has 1 amide bonds. The number of piperidine rings is 1. The van der Waals surface area contributed by atoms with E-state index in [-0.39, 0.29) is 11.6 Å². The number of amides is 1. The fraction of sp³-hybridized carbons (Fsp3) is 0.538. The van der Waals surface area contributed by atoms with E-state index in [1.54, 1.807) is 7.05 Å². The van der Waals surface area contributed by atoms with Crippen molar-refractivity contribution >= 4 is 33.9 Å². The van der Waals surface area contributed by atoms with Crippen LogP contribution in [0.15, 0.2) is 0 Å². The molecule has 110 valence electrons. The molecule has 1 aromatic rings. The Hall–Kier alpha value is -1.76. The molecule has 0 radical (unpaired) electrons. The van der Waals surface area contributed by atoms with Crippen molar-refractivity contribution in [3.8, 4) is 0 Å². The number of esters is 1. The predicted octanol–water partition coefficient (Wildman–Crippen LogP) is 1.47. The average molecular weight is 297 g/mol. The van der Waals surface area contributed by atoms with E-state index < -0.39 is 5.97 Å². The Morgan fingerprint density at radius 3 is 2.50 bits per heavy atom. The Morgan fingerprint density at radius 1 is 1.30 bits per heavy atom. The third kappa shape index (κ3) is 2.58. The number of anilines is 2. The van der Waals surface area contributed by atoms with Crippen LogP contribution < -0.4 is 16.0 Å². The van der Waals surface area contributed by atoms with Gasteiger partial charge in [0.15, 0.2) is 0 Å². The second-order valence-electron chi connectivity index (χ2n) is 4.64. The molecule has 1 aliphatic rings. The molecule has 0 spiro atoms. The largest absolute Gasteiger partial charge is 0.465 e. The molecule has 0 aromatic carbocycles. The van der Waals surface area contributed by atoms with Gasteiger partial charge in [-0.2, -0.15) is 0 Å². The number of hydrogen-bond acceptors (Lipinski definition) is 6. The molecule has 1 aliphatic heterocycles. The zero-order valence-electron chi connectivity index (χ0n) is 11.7. The number of rotatable bonds is 3. The summed E-state index contributed by atoms with van der Waals surface area (Å²) in [5, 5.41) is 3.35. The minimum absolute atomic E-state index is 0.210. The lowest BCUT2D eigenvalue weighted by molar-refractivity contribution is 0.0607.